The molecule has 176 valence electrons. The first-order valence-electron chi connectivity index (χ1n) is 11.3. The molecule has 5 rings (SSSR count). The fourth-order valence-electron chi connectivity index (χ4n) is 4.52. The van der Waals surface area contributed by atoms with Crippen LogP contribution in [0.15, 0.2) is 42.7 Å². The second kappa shape index (κ2) is 8.90. The predicted octanol–water partition coefficient (Wildman–Crippen LogP) is 2.86. The lowest BCUT2D eigenvalue weighted by Crippen LogP contribution is -2.31. The van der Waals surface area contributed by atoms with Gasteiger partial charge in [0.2, 0.25) is 0 Å². The minimum atomic E-state index is -0.0668. The molecule has 0 N–H and O–H groups in total. The van der Waals surface area contributed by atoms with E-state index in [1.165, 1.54) is 0 Å². The molecule has 1 amide bonds. The summed E-state index contributed by atoms with van der Waals surface area (Å²) in [6.45, 7) is 2.35. The number of likely N-dealkylation sites (N-methyl/N-ethyl adjacent to an activating group) is 1. The molecular weight excluding hydrogens is 432 g/mol. The van der Waals surface area contributed by atoms with Gasteiger partial charge >= 0.3 is 0 Å². The van der Waals surface area contributed by atoms with Crippen LogP contribution in [0.3, 0.4) is 0 Å². The van der Waals surface area contributed by atoms with Crippen molar-refractivity contribution in [3.8, 4) is 22.9 Å². The molecule has 3 aromatic heterocycles. The fourth-order valence-corrected chi connectivity index (χ4v) is 4.52. The molecule has 0 spiro atoms. The van der Waals surface area contributed by atoms with Gasteiger partial charge in [0.25, 0.3) is 11.8 Å². The van der Waals surface area contributed by atoms with Gasteiger partial charge in [-0.25, -0.2) is 9.97 Å². The van der Waals surface area contributed by atoms with Crippen LogP contribution in [0.5, 0.6) is 11.6 Å². The lowest BCUT2D eigenvalue weighted by molar-refractivity contribution is 0.0996. The fraction of sp³-hybridized carbons (Fsp3) is 0.360. The van der Waals surface area contributed by atoms with Crippen molar-refractivity contribution < 1.29 is 14.3 Å². The van der Waals surface area contributed by atoms with E-state index in [-0.39, 0.29) is 5.91 Å². The quantitative estimate of drug-likeness (QED) is 0.555. The first-order chi connectivity index (χ1) is 16.5. The summed E-state index contributed by atoms with van der Waals surface area (Å²) in [5, 5.41) is 0. The number of ether oxygens (including phenoxy) is 2. The maximum atomic E-state index is 13.1. The van der Waals surface area contributed by atoms with E-state index in [2.05, 4.69) is 33.9 Å². The number of aromatic nitrogens is 3. The SMILES string of the molecule is COc1cc(-c2ccc3c(n2)CN(c2ccc(N4CCC(N(C)C)C4)nc2)C3=O)cnc1OC. The number of rotatable bonds is 6. The second-order valence-corrected chi connectivity index (χ2v) is 8.74. The number of carbonyl (C=O) groups is 1. The van der Waals surface area contributed by atoms with E-state index in [1.54, 1.807) is 31.5 Å². The van der Waals surface area contributed by atoms with Crippen molar-refractivity contribution in [1.82, 2.24) is 19.9 Å². The Morgan fingerprint density at radius 2 is 1.91 bits per heavy atom. The van der Waals surface area contributed by atoms with E-state index < -0.39 is 0 Å². The minimum absolute atomic E-state index is 0.0668. The van der Waals surface area contributed by atoms with Crippen LogP contribution in [0, 0.1) is 0 Å². The predicted molar refractivity (Wildman–Crippen MR) is 130 cm³/mol. The smallest absolute Gasteiger partial charge is 0.260 e. The maximum Gasteiger partial charge on any atom is 0.260 e. The highest BCUT2D eigenvalue weighted by atomic mass is 16.5. The van der Waals surface area contributed by atoms with Crippen molar-refractivity contribution in [2.75, 3.05) is 51.2 Å². The van der Waals surface area contributed by atoms with Crippen LogP contribution in [-0.2, 0) is 6.54 Å². The molecule has 1 fully saturated rings. The summed E-state index contributed by atoms with van der Waals surface area (Å²) < 4.78 is 10.6. The van der Waals surface area contributed by atoms with Crippen LogP contribution in [0.1, 0.15) is 22.5 Å². The Balaban J connectivity index is 1.35. The third-order valence-electron chi connectivity index (χ3n) is 6.55. The highest BCUT2D eigenvalue weighted by Gasteiger charge is 2.31. The molecule has 5 heterocycles. The highest BCUT2D eigenvalue weighted by Crippen LogP contribution is 2.33. The summed E-state index contributed by atoms with van der Waals surface area (Å²) in [7, 11) is 7.34. The lowest BCUT2D eigenvalue weighted by atomic mass is 10.1. The van der Waals surface area contributed by atoms with Crippen molar-refractivity contribution in [2.24, 2.45) is 0 Å². The van der Waals surface area contributed by atoms with Gasteiger partial charge in [-0.1, -0.05) is 0 Å². The molecule has 2 aliphatic heterocycles. The Hall–Kier alpha value is -3.72. The minimum Gasteiger partial charge on any atom is -0.491 e. The van der Waals surface area contributed by atoms with Crippen LogP contribution < -0.4 is 19.3 Å². The summed E-state index contributed by atoms with van der Waals surface area (Å²) in [6.07, 6.45) is 4.59. The van der Waals surface area contributed by atoms with Crippen LogP contribution in [0.2, 0.25) is 0 Å². The number of hydrogen-bond donors (Lipinski definition) is 0. The molecule has 1 atom stereocenters. The van der Waals surface area contributed by atoms with Gasteiger partial charge in [-0.3, -0.25) is 9.78 Å². The zero-order chi connectivity index (χ0) is 23.8. The lowest BCUT2D eigenvalue weighted by Gasteiger charge is -2.22. The molecule has 2 aliphatic rings. The zero-order valence-corrected chi connectivity index (χ0v) is 19.9. The van der Waals surface area contributed by atoms with Crippen molar-refractivity contribution in [3.63, 3.8) is 0 Å². The number of fused-ring (bicyclic) bond motifs is 1. The number of carbonyl (C=O) groups excluding carboxylic acids is 1. The Kier molecular flexibility index (Phi) is 5.79. The van der Waals surface area contributed by atoms with Crippen molar-refractivity contribution >= 4 is 17.4 Å². The molecule has 0 saturated carbocycles. The average Bonchev–Trinajstić information content (AvgIpc) is 3.49. The standard InChI is InChI=1S/C25H28N6O3/c1-29(2)18-9-10-30(14-18)23-8-5-17(13-26-23)31-15-21-19(25(31)32)6-7-20(28-21)16-11-22(33-3)24(34-4)27-12-16/h5-8,11-13,18H,9-10,14-15H2,1-4H3. The van der Waals surface area contributed by atoms with E-state index >= 15 is 0 Å². The Labute approximate surface area is 199 Å². The van der Waals surface area contributed by atoms with Crippen LogP contribution in [0.25, 0.3) is 11.3 Å². The first kappa shape index (κ1) is 22.1. The molecular formula is C25H28N6O3. The third-order valence-corrected chi connectivity index (χ3v) is 6.55. The molecule has 1 unspecified atom stereocenters. The summed E-state index contributed by atoms with van der Waals surface area (Å²) >= 11 is 0. The molecule has 0 bridgehead atoms. The number of pyridine rings is 3. The monoisotopic (exact) mass is 460 g/mol. The van der Waals surface area contributed by atoms with E-state index in [9.17, 15) is 4.79 Å². The van der Waals surface area contributed by atoms with E-state index in [0.717, 1.165) is 48.0 Å². The van der Waals surface area contributed by atoms with Gasteiger partial charge in [0.1, 0.15) is 5.82 Å². The Morgan fingerprint density at radius 3 is 2.59 bits per heavy atom. The second-order valence-electron chi connectivity index (χ2n) is 8.74. The Morgan fingerprint density at radius 1 is 1.06 bits per heavy atom. The van der Waals surface area contributed by atoms with Crippen molar-refractivity contribution in [2.45, 2.75) is 19.0 Å². The molecule has 9 heteroatoms. The van der Waals surface area contributed by atoms with E-state index in [0.29, 0.717) is 29.8 Å². The zero-order valence-electron chi connectivity index (χ0n) is 19.9. The maximum absolute atomic E-state index is 13.1. The summed E-state index contributed by atoms with van der Waals surface area (Å²) in [4.78, 5) is 33.1. The molecule has 0 aliphatic carbocycles. The largest absolute Gasteiger partial charge is 0.491 e. The molecule has 0 aromatic carbocycles. The average molecular weight is 461 g/mol. The van der Waals surface area contributed by atoms with Crippen LogP contribution in [0.4, 0.5) is 11.5 Å². The van der Waals surface area contributed by atoms with Gasteiger partial charge in [0, 0.05) is 30.9 Å². The molecule has 3 aromatic rings. The molecule has 1 saturated heterocycles. The van der Waals surface area contributed by atoms with Crippen LogP contribution >= 0.6 is 0 Å². The summed E-state index contributed by atoms with van der Waals surface area (Å²) in [5.74, 6) is 1.82. The first-order valence-corrected chi connectivity index (χ1v) is 11.3. The van der Waals surface area contributed by atoms with E-state index in [4.69, 9.17) is 14.5 Å². The van der Waals surface area contributed by atoms with Gasteiger partial charge in [0.05, 0.1) is 49.6 Å². The number of methoxy groups -OCH3 is 2. The number of nitrogens with zero attached hydrogens (tertiary/aromatic N) is 6. The van der Waals surface area contributed by atoms with Gasteiger partial charge in [-0.2, -0.15) is 0 Å². The van der Waals surface area contributed by atoms with Gasteiger partial charge in [-0.05, 0) is 50.8 Å². The molecule has 34 heavy (non-hydrogen) atoms. The van der Waals surface area contributed by atoms with E-state index in [1.807, 2.05) is 30.3 Å². The number of hydrogen-bond acceptors (Lipinski definition) is 8. The summed E-state index contributed by atoms with van der Waals surface area (Å²) in [6, 6.07) is 9.99. The van der Waals surface area contributed by atoms with Gasteiger partial charge in [0.15, 0.2) is 5.75 Å². The van der Waals surface area contributed by atoms with Crippen molar-refractivity contribution in [3.05, 3.63) is 54.0 Å². The van der Waals surface area contributed by atoms with Gasteiger partial charge in [-0.15, -0.1) is 0 Å². The van der Waals surface area contributed by atoms with Gasteiger partial charge < -0.3 is 24.2 Å². The van der Waals surface area contributed by atoms with Crippen LogP contribution in [-0.4, -0.2) is 73.2 Å². The molecule has 9 nitrogen and oxygen atoms in total. The van der Waals surface area contributed by atoms with Crippen molar-refractivity contribution in [1.29, 1.82) is 0 Å². The number of amides is 1. The Bertz CT molecular complexity index is 1210. The molecule has 0 radical (unpaired) electrons. The normalized spacial score (nSPS) is 17.4. The third kappa shape index (κ3) is 3.92. The summed E-state index contributed by atoms with van der Waals surface area (Å²) in [5.41, 5.74) is 3.62. The number of anilines is 2. The highest BCUT2D eigenvalue weighted by molar-refractivity contribution is 6.09. The topological polar surface area (TPSA) is 83.9 Å².